The van der Waals surface area contributed by atoms with E-state index in [9.17, 15) is 9.59 Å². The molecule has 0 fully saturated rings. The van der Waals surface area contributed by atoms with Crippen LogP contribution in [0.4, 0.5) is 0 Å². The average Bonchev–Trinajstić information content (AvgIpc) is 2.31. The van der Waals surface area contributed by atoms with Crippen molar-refractivity contribution in [3.8, 4) is 0 Å². The first-order chi connectivity index (χ1) is 7.96. The highest BCUT2D eigenvalue weighted by molar-refractivity contribution is 5.89. The normalized spacial score (nSPS) is 13.4. The van der Waals surface area contributed by atoms with Crippen molar-refractivity contribution in [1.82, 2.24) is 0 Å². The van der Waals surface area contributed by atoms with Gasteiger partial charge < -0.3 is 9.47 Å². The van der Waals surface area contributed by atoms with Gasteiger partial charge in [-0.2, -0.15) is 0 Å². The first kappa shape index (κ1) is 15.7. The largest absolute Gasteiger partial charge is 0.469 e. The average molecular weight is 242 g/mol. The Morgan fingerprint density at radius 3 is 2.12 bits per heavy atom. The van der Waals surface area contributed by atoms with Crippen LogP contribution in [0.2, 0.25) is 0 Å². The summed E-state index contributed by atoms with van der Waals surface area (Å²) in [6, 6.07) is 0. The maximum Gasteiger partial charge on any atom is 0.333 e. The van der Waals surface area contributed by atoms with Gasteiger partial charge in [0, 0.05) is 5.57 Å². The second-order valence-electron chi connectivity index (χ2n) is 4.36. The summed E-state index contributed by atoms with van der Waals surface area (Å²) >= 11 is 0. The van der Waals surface area contributed by atoms with Crippen molar-refractivity contribution in [2.45, 2.75) is 33.6 Å². The van der Waals surface area contributed by atoms with Gasteiger partial charge in [0.1, 0.15) is 0 Å². The van der Waals surface area contributed by atoms with Crippen molar-refractivity contribution in [2.75, 3.05) is 14.2 Å². The van der Waals surface area contributed by atoms with Crippen LogP contribution >= 0.6 is 0 Å². The predicted octanol–water partition coefficient (Wildman–Crippen LogP) is 2.33. The van der Waals surface area contributed by atoms with Crippen LogP contribution < -0.4 is 0 Å². The number of esters is 2. The van der Waals surface area contributed by atoms with Crippen molar-refractivity contribution >= 4 is 11.9 Å². The maximum absolute atomic E-state index is 11.6. The fourth-order valence-electron chi connectivity index (χ4n) is 1.71. The van der Waals surface area contributed by atoms with Gasteiger partial charge in [-0.15, -0.1) is 0 Å². The van der Waals surface area contributed by atoms with Gasteiger partial charge >= 0.3 is 11.9 Å². The summed E-state index contributed by atoms with van der Waals surface area (Å²) in [5, 5.41) is 0. The minimum absolute atomic E-state index is 0.276. The molecule has 0 aromatic rings. The molecule has 0 amide bonds. The van der Waals surface area contributed by atoms with Gasteiger partial charge in [0.15, 0.2) is 0 Å². The van der Waals surface area contributed by atoms with Crippen LogP contribution in [0.15, 0.2) is 11.6 Å². The third kappa shape index (κ3) is 5.52. The molecule has 98 valence electrons. The fraction of sp³-hybridized carbons (Fsp3) is 0.692. The van der Waals surface area contributed by atoms with E-state index in [-0.39, 0.29) is 17.9 Å². The SMILES string of the molecule is C/C=C(/C[C@H](CC(C)C)C(=O)OC)C(=O)OC. The molecule has 0 bridgehead atoms. The van der Waals surface area contributed by atoms with Gasteiger partial charge in [0.05, 0.1) is 20.1 Å². The molecule has 0 aliphatic rings. The van der Waals surface area contributed by atoms with Crippen molar-refractivity contribution < 1.29 is 19.1 Å². The van der Waals surface area contributed by atoms with E-state index in [4.69, 9.17) is 4.74 Å². The van der Waals surface area contributed by atoms with Gasteiger partial charge in [-0.1, -0.05) is 19.9 Å². The van der Waals surface area contributed by atoms with E-state index in [1.807, 2.05) is 13.8 Å². The molecular formula is C13H22O4. The number of ether oxygens (including phenoxy) is 2. The highest BCUT2D eigenvalue weighted by Crippen LogP contribution is 2.22. The first-order valence-corrected chi connectivity index (χ1v) is 5.77. The molecular weight excluding hydrogens is 220 g/mol. The third-order valence-corrected chi connectivity index (χ3v) is 2.55. The standard InChI is InChI=1S/C13H22O4/c1-6-10(12(14)16-4)8-11(7-9(2)3)13(15)17-5/h6,9,11H,7-8H2,1-5H3/b10-6-/t11-/m0/s1. The van der Waals surface area contributed by atoms with Crippen LogP contribution in [0.25, 0.3) is 0 Å². The minimum Gasteiger partial charge on any atom is -0.469 e. The van der Waals surface area contributed by atoms with Gasteiger partial charge in [-0.25, -0.2) is 4.79 Å². The van der Waals surface area contributed by atoms with Crippen LogP contribution in [0.5, 0.6) is 0 Å². The lowest BCUT2D eigenvalue weighted by Crippen LogP contribution is -2.21. The summed E-state index contributed by atoms with van der Waals surface area (Å²) in [6.45, 7) is 5.82. The Hall–Kier alpha value is -1.32. The van der Waals surface area contributed by atoms with E-state index < -0.39 is 0 Å². The molecule has 0 saturated carbocycles. The monoisotopic (exact) mass is 242 g/mol. The number of allylic oxidation sites excluding steroid dienone is 1. The van der Waals surface area contributed by atoms with E-state index in [1.54, 1.807) is 13.0 Å². The second kappa shape index (κ2) is 7.87. The summed E-state index contributed by atoms with van der Waals surface area (Å²) in [7, 11) is 2.70. The number of carbonyl (C=O) groups is 2. The van der Waals surface area contributed by atoms with Crippen molar-refractivity contribution in [3.05, 3.63) is 11.6 Å². The summed E-state index contributed by atoms with van der Waals surface area (Å²) < 4.78 is 9.42. The van der Waals surface area contributed by atoms with Crippen LogP contribution in [-0.4, -0.2) is 26.2 Å². The van der Waals surface area contributed by atoms with E-state index in [2.05, 4.69) is 4.74 Å². The Labute approximate surface area is 103 Å². The lowest BCUT2D eigenvalue weighted by atomic mass is 9.91. The molecule has 4 nitrogen and oxygen atoms in total. The molecule has 0 aliphatic heterocycles. The van der Waals surface area contributed by atoms with E-state index in [0.29, 0.717) is 24.3 Å². The zero-order valence-electron chi connectivity index (χ0n) is 11.3. The number of hydrogen-bond donors (Lipinski definition) is 0. The van der Waals surface area contributed by atoms with Crippen molar-refractivity contribution in [1.29, 1.82) is 0 Å². The minimum atomic E-state index is -0.384. The molecule has 0 saturated heterocycles. The number of hydrogen-bond acceptors (Lipinski definition) is 4. The molecule has 0 heterocycles. The molecule has 0 rings (SSSR count). The van der Waals surface area contributed by atoms with Crippen LogP contribution in [0.3, 0.4) is 0 Å². The lowest BCUT2D eigenvalue weighted by Gasteiger charge is -2.17. The predicted molar refractivity (Wildman–Crippen MR) is 65.4 cm³/mol. The maximum atomic E-state index is 11.6. The molecule has 0 aromatic heterocycles. The Morgan fingerprint density at radius 1 is 1.18 bits per heavy atom. The third-order valence-electron chi connectivity index (χ3n) is 2.55. The zero-order valence-corrected chi connectivity index (χ0v) is 11.3. The number of rotatable bonds is 6. The van der Waals surface area contributed by atoms with Gasteiger partial charge in [0.25, 0.3) is 0 Å². The highest BCUT2D eigenvalue weighted by atomic mass is 16.5. The highest BCUT2D eigenvalue weighted by Gasteiger charge is 2.24. The first-order valence-electron chi connectivity index (χ1n) is 5.77. The molecule has 0 aliphatic carbocycles. The lowest BCUT2D eigenvalue weighted by molar-refractivity contribution is -0.146. The zero-order chi connectivity index (χ0) is 13.4. The molecule has 0 unspecified atom stereocenters. The molecule has 0 spiro atoms. The van der Waals surface area contributed by atoms with Crippen molar-refractivity contribution in [3.63, 3.8) is 0 Å². The van der Waals surface area contributed by atoms with Crippen LogP contribution in [-0.2, 0) is 19.1 Å². The topological polar surface area (TPSA) is 52.6 Å². The molecule has 17 heavy (non-hydrogen) atoms. The Morgan fingerprint density at radius 2 is 1.76 bits per heavy atom. The quantitative estimate of drug-likeness (QED) is 0.530. The molecule has 0 radical (unpaired) electrons. The summed E-state index contributed by atoms with van der Waals surface area (Å²) in [5.41, 5.74) is 0.517. The van der Waals surface area contributed by atoms with E-state index in [1.165, 1.54) is 14.2 Å². The van der Waals surface area contributed by atoms with Crippen molar-refractivity contribution in [2.24, 2.45) is 11.8 Å². The van der Waals surface area contributed by atoms with Crippen LogP contribution in [0.1, 0.15) is 33.6 Å². The fourth-order valence-corrected chi connectivity index (χ4v) is 1.71. The molecule has 4 heteroatoms. The Kier molecular flexibility index (Phi) is 7.26. The molecule has 0 N–H and O–H groups in total. The number of carbonyl (C=O) groups excluding carboxylic acids is 2. The van der Waals surface area contributed by atoms with Gasteiger partial charge in [0.2, 0.25) is 0 Å². The molecule has 0 aromatic carbocycles. The number of methoxy groups -OCH3 is 2. The molecule has 1 atom stereocenters. The summed E-state index contributed by atoms with van der Waals surface area (Å²) in [4.78, 5) is 23.0. The Balaban J connectivity index is 4.72. The summed E-state index contributed by atoms with van der Waals surface area (Å²) in [6.07, 6.45) is 2.75. The second-order valence-corrected chi connectivity index (χ2v) is 4.36. The summed E-state index contributed by atoms with van der Waals surface area (Å²) in [5.74, 6) is -0.577. The smallest absolute Gasteiger partial charge is 0.333 e. The Bertz CT molecular complexity index is 292. The van der Waals surface area contributed by atoms with Gasteiger partial charge in [-0.05, 0) is 25.7 Å². The van der Waals surface area contributed by atoms with Crippen LogP contribution in [0, 0.1) is 11.8 Å². The van der Waals surface area contributed by atoms with E-state index >= 15 is 0 Å². The van der Waals surface area contributed by atoms with Gasteiger partial charge in [-0.3, -0.25) is 4.79 Å². The van der Waals surface area contributed by atoms with E-state index in [0.717, 1.165) is 0 Å².